The molecule has 6 aromatic rings. The topological polar surface area (TPSA) is 15.3 Å². The molecular weight excluding hydrogens is 769 g/mol. The number of hydrogen-bond acceptors (Lipinski definition) is 3. The minimum absolute atomic E-state index is 0.0432. The van der Waals surface area contributed by atoms with Crippen molar-refractivity contribution >= 4 is 41.1 Å². The van der Waals surface area contributed by atoms with Gasteiger partial charge in [-0.05, 0) is 188 Å². The lowest BCUT2D eigenvalue weighted by atomic mass is 9.79. The molecule has 8 rings (SSSR count). The molecule has 0 atom stereocenters. The van der Waals surface area contributed by atoms with Gasteiger partial charge in [0.05, 0.1) is 0 Å². The van der Waals surface area contributed by atoms with Crippen molar-refractivity contribution in [1.29, 1.82) is 0 Å². The van der Waals surface area contributed by atoms with Crippen LogP contribution in [-0.2, 0) is 16.2 Å². The molecule has 1 N–H and O–H groups in total. The zero-order valence-corrected chi connectivity index (χ0v) is 41.9. The maximum Gasteiger partial charge on any atom is 0.0467 e. The Bertz CT molecular complexity index is 2570. The first-order valence-corrected chi connectivity index (χ1v) is 23.8. The fraction of sp³-hybridized carbons (Fsp3) is 0.390. The molecule has 0 fully saturated rings. The number of hydrogen-bond donors (Lipinski definition) is 2. The van der Waals surface area contributed by atoms with Crippen molar-refractivity contribution in [3.05, 3.63) is 159 Å². The lowest BCUT2D eigenvalue weighted by Crippen LogP contribution is -2.18. The number of aryl methyl sites for hydroxylation is 2. The summed E-state index contributed by atoms with van der Waals surface area (Å²) in [5, 5.41) is 3.77. The molecule has 0 unspecified atom stereocenters. The summed E-state index contributed by atoms with van der Waals surface area (Å²) >= 11 is 3.53. The van der Waals surface area contributed by atoms with Crippen molar-refractivity contribution in [2.24, 2.45) is 5.92 Å². The van der Waals surface area contributed by atoms with E-state index in [9.17, 15) is 0 Å². The van der Waals surface area contributed by atoms with E-state index in [0.29, 0.717) is 11.8 Å². The standard InChI is InChI=1S/C54H60N2.C4H10.CH4S/c1-32(2)36-17-14-20-39(25-36)55-40-23-34(5)50-44-30-47-45(31-46(44)53(10,11)48(50)28-40)51-35(6)24-43(29-49(51)54(47,12)13)56(41-21-15-18-37(26-41)33(3)4)42-22-16-19-38(27-42)52(7,8)9;1-4(2)3;1-2/h14-33,55H,1-13H3;4H,1-3H3;2H,1H3. The number of thiol groups is 1. The number of benzene rings is 6. The largest absolute Gasteiger partial charge is 0.356 e. The number of anilines is 5. The Hall–Kier alpha value is -4.73. The molecule has 2 aliphatic carbocycles. The molecule has 0 heterocycles. The summed E-state index contributed by atoms with van der Waals surface area (Å²) in [7, 11) is 0. The maximum atomic E-state index is 3.77. The monoisotopic (exact) mass is 843 g/mol. The van der Waals surface area contributed by atoms with Crippen LogP contribution in [0.1, 0.15) is 159 Å². The summed E-state index contributed by atoms with van der Waals surface area (Å²) in [4.78, 5) is 2.49. The van der Waals surface area contributed by atoms with E-state index in [1.807, 2.05) is 0 Å². The third-order valence-corrected chi connectivity index (χ3v) is 12.9. The van der Waals surface area contributed by atoms with Gasteiger partial charge in [-0.2, -0.15) is 12.6 Å². The highest BCUT2D eigenvalue weighted by molar-refractivity contribution is 7.79. The van der Waals surface area contributed by atoms with Crippen LogP contribution in [-0.4, -0.2) is 6.26 Å². The molecule has 0 saturated heterocycles. The van der Waals surface area contributed by atoms with E-state index in [-0.39, 0.29) is 16.2 Å². The van der Waals surface area contributed by atoms with E-state index in [4.69, 9.17) is 0 Å². The molecule has 0 aliphatic heterocycles. The zero-order chi connectivity index (χ0) is 45.6. The molecule has 0 bridgehead atoms. The third kappa shape index (κ3) is 8.90. The van der Waals surface area contributed by atoms with Gasteiger partial charge in [0, 0.05) is 39.3 Å². The molecule has 0 spiro atoms. The van der Waals surface area contributed by atoms with Gasteiger partial charge in [-0.25, -0.2) is 0 Å². The van der Waals surface area contributed by atoms with Gasteiger partial charge in [-0.1, -0.05) is 133 Å². The Balaban J connectivity index is 0.00000101. The van der Waals surface area contributed by atoms with Crippen LogP contribution in [0.25, 0.3) is 22.3 Å². The summed E-state index contributed by atoms with van der Waals surface area (Å²) in [5.41, 5.74) is 23.5. The second kappa shape index (κ2) is 17.8. The van der Waals surface area contributed by atoms with E-state index in [2.05, 4.69) is 243 Å². The Kier molecular flexibility index (Phi) is 13.4. The molecule has 2 nitrogen and oxygen atoms in total. The van der Waals surface area contributed by atoms with Gasteiger partial charge in [0.2, 0.25) is 0 Å². The summed E-state index contributed by atoms with van der Waals surface area (Å²) in [6.07, 6.45) is 1.69. The Morgan fingerprint density at radius 1 is 0.500 bits per heavy atom. The second-order valence-electron chi connectivity index (χ2n) is 21.1. The smallest absolute Gasteiger partial charge is 0.0467 e. The van der Waals surface area contributed by atoms with Gasteiger partial charge >= 0.3 is 0 Å². The highest BCUT2D eigenvalue weighted by Gasteiger charge is 2.43. The van der Waals surface area contributed by atoms with Crippen molar-refractivity contribution in [1.82, 2.24) is 0 Å². The van der Waals surface area contributed by atoms with E-state index < -0.39 is 0 Å². The second-order valence-corrected chi connectivity index (χ2v) is 21.1. The predicted molar refractivity (Wildman–Crippen MR) is 278 cm³/mol. The van der Waals surface area contributed by atoms with Crippen LogP contribution in [0.2, 0.25) is 0 Å². The minimum atomic E-state index is -0.178. The molecule has 0 aromatic heterocycles. The molecule has 0 amide bonds. The quantitative estimate of drug-likeness (QED) is 0.156. The third-order valence-electron chi connectivity index (χ3n) is 12.9. The number of nitrogens with one attached hydrogen (secondary N) is 1. The van der Waals surface area contributed by atoms with E-state index in [0.717, 1.165) is 17.3 Å². The molecule has 0 radical (unpaired) electrons. The van der Waals surface area contributed by atoms with Crippen molar-refractivity contribution in [3.63, 3.8) is 0 Å². The van der Waals surface area contributed by atoms with Gasteiger partial charge in [0.1, 0.15) is 0 Å². The van der Waals surface area contributed by atoms with Gasteiger partial charge < -0.3 is 10.2 Å². The van der Waals surface area contributed by atoms with Crippen LogP contribution in [0.4, 0.5) is 28.4 Å². The lowest BCUT2D eigenvalue weighted by Gasteiger charge is -2.30. The van der Waals surface area contributed by atoms with Crippen molar-refractivity contribution in [2.75, 3.05) is 16.5 Å². The van der Waals surface area contributed by atoms with Gasteiger partial charge in [0.25, 0.3) is 0 Å². The first-order chi connectivity index (χ1) is 29.1. The van der Waals surface area contributed by atoms with Crippen LogP contribution >= 0.6 is 12.6 Å². The fourth-order valence-electron chi connectivity index (χ4n) is 9.52. The zero-order valence-electron chi connectivity index (χ0n) is 41.0. The molecule has 6 aromatic carbocycles. The predicted octanol–water partition coefficient (Wildman–Crippen LogP) is 17.9. The SMILES string of the molecule is CC(C)C.CS.Cc1cc(Nc2cccc(C(C)C)c2)cc2c1-c1cc3c(cc1C2(C)C)-c1c(C)cc(N(c2cccc(C(C)C)c2)c2cccc(C(C)(C)C)c2)cc1C3(C)C. The van der Waals surface area contributed by atoms with Crippen LogP contribution in [0, 0.1) is 19.8 Å². The normalized spacial score (nSPS) is 14.0. The minimum Gasteiger partial charge on any atom is -0.356 e. The molecule has 62 heavy (non-hydrogen) atoms. The molecule has 0 saturated carbocycles. The number of fused-ring (bicyclic) bond motifs is 6. The van der Waals surface area contributed by atoms with Crippen molar-refractivity contribution < 1.29 is 0 Å². The lowest BCUT2D eigenvalue weighted by molar-refractivity contribution is 0.590. The summed E-state index contributed by atoms with van der Waals surface area (Å²) in [5.74, 6) is 1.77. The molecular formula is C59H74N2S. The van der Waals surface area contributed by atoms with E-state index in [1.54, 1.807) is 6.26 Å². The van der Waals surface area contributed by atoms with Crippen LogP contribution in [0.15, 0.2) is 109 Å². The average molecular weight is 843 g/mol. The summed E-state index contributed by atoms with van der Waals surface area (Å²) < 4.78 is 0. The molecule has 3 heteroatoms. The van der Waals surface area contributed by atoms with Crippen molar-refractivity contribution in [2.45, 2.75) is 139 Å². The van der Waals surface area contributed by atoms with E-state index >= 15 is 0 Å². The van der Waals surface area contributed by atoms with Gasteiger partial charge in [-0.15, -0.1) is 0 Å². The fourth-order valence-corrected chi connectivity index (χ4v) is 9.52. The Morgan fingerprint density at radius 3 is 1.50 bits per heavy atom. The van der Waals surface area contributed by atoms with E-state index in [1.165, 1.54) is 89.4 Å². The number of nitrogens with zero attached hydrogens (tertiary/aromatic N) is 1. The average Bonchev–Trinajstić information content (AvgIpc) is 3.57. The molecule has 326 valence electrons. The Labute approximate surface area is 382 Å². The van der Waals surface area contributed by atoms with Crippen LogP contribution in [0.3, 0.4) is 0 Å². The Morgan fingerprint density at radius 2 is 0.968 bits per heavy atom. The first-order valence-electron chi connectivity index (χ1n) is 22.9. The summed E-state index contributed by atoms with van der Waals surface area (Å²) in [6, 6.07) is 41.9. The van der Waals surface area contributed by atoms with Crippen LogP contribution in [0.5, 0.6) is 0 Å². The first kappa shape index (κ1) is 46.8. The molecule has 2 aliphatic rings. The number of rotatable bonds is 7. The van der Waals surface area contributed by atoms with Gasteiger partial charge in [0.15, 0.2) is 0 Å². The highest BCUT2D eigenvalue weighted by atomic mass is 32.1. The van der Waals surface area contributed by atoms with Crippen LogP contribution < -0.4 is 10.2 Å². The van der Waals surface area contributed by atoms with Crippen molar-refractivity contribution in [3.8, 4) is 22.3 Å². The highest BCUT2D eigenvalue weighted by Crippen LogP contribution is 2.58. The maximum absolute atomic E-state index is 3.77. The van der Waals surface area contributed by atoms with Gasteiger partial charge in [-0.3, -0.25) is 0 Å². The summed E-state index contributed by atoms with van der Waals surface area (Å²) in [6.45, 7) is 36.8.